The largest absolute Gasteiger partial charge is 0.488 e. The van der Waals surface area contributed by atoms with E-state index in [1.807, 2.05) is 6.92 Å². The molecule has 10 heteroatoms. The van der Waals surface area contributed by atoms with Crippen LogP contribution in [0.2, 0.25) is 0 Å². The van der Waals surface area contributed by atoms with Gasteiger partial charge in [0.25, 0.3) is 0 Å². The van der Waals surface area contributed by atoms with Crippen LogP contribution in [-0.4, -0.2) is 72.2 Å². The van der Waals surface area contributed by atoms with Gasteiger partial charge in [0.2, 0.25) is 5.91 Å². The van der Waals surface area contributed by atoms with Crippen LogP contribution in [0, 0.1) is 0 Å². The maximum absolute atomic E-state index is 13.1. The van der Waals surface area contributed by atoms with E-state index < -0.39 is 19.3 Å². The molecule has 2 fully saturated rings. The van der Waals surface area contributed by atoms with Crippen molar-refractivity contribution in [2.75, 3.05) is 19.9 Å². The zero-order valence-corrected chi connectivity index (χ0v) is 21.6. The molecule has 0 bridgehead atoms. The second-order valence-electron chi connectivity index (χ2n) is 9.75. The molecule has 3 N–H and O–H groups in total. The molecule has 2 heterocycles. The molecule has 0 aromatic heterocycles. The van der Waals surface area contributed by atoms with E-state index in [0.29, 0.717) is 30.5 Å². The molecule has 1 aromatic carbocycles. The molecule has 2 aliphatic rings. The molecular weight excluding hydrogens is 463 g/mol. The van der Waals surface area contributed by atoms with Crippen LogP contribution >= 0.6 is 0 Å². The Kier molecular flexibility index (Phi) is 11.5. The van der Waals surface area contributed by atoms with Crippen LogP contribution in [0.25, 0.3) is 0 Å². The van der Waals surface area contributed by atoms with E-state index in [-0.39, 0.29) is 37.4 Å². The number of unbranched alkanes of at least 4 members (excludes halogenated alkanes) is 6. The van der Waals surface area contributed by atoms with Crippen molar-refractivity contribution in [1.82, 2.24) is 10.2 Å². The van der Waals surface area contributed by atoms with Crippen LogP contribution in [0.3, 0.4) is 0 Å². The summed E-state index contributed by atoms with van der Waals surface area (Å²) >= 11 is 0. The molecule has 0 aliphatic carbocycles. The minimum atomic E-state index is -1.59. The van der Waals surface area contributed by atoms with Gasteiger partial charge in [0.1, 0.15) is 18.9 Å². The Balaban J connectivity index is 1.56. The number of benzene rings is 1. The van der Waals surface area contributed by atoms with Gasteiger partial charge in [-0.3, -0.25) is 9.69 Å². The molecule has 0 saturated carbocycles. The van der Waals surface area contributed by atoms with Crippen molar-refractivity contribution in [3.63, 3.8) is 0 Å². The van der Waals surface area contributed by atoms with Gasteiger partial charge in [0, 0.05) is 13.0 Å². The molecule has 1 aromatic rings. The number of carbonyl (C=O) groups excluding carboxylic acids is 2. The number of nitrogens with one attached hydrogen (secondary N) is 1. The minimum Gasteiger partial charge on any atom is -0.439 e. The summed E-state index contributed by atoms with van der Waals surface area (Å²) in [5.41, 5.74) is 0.986. The highest BCUT2D eigenvalue weighted by atomic mass is 16.6. The first-order valence-electron chi connectivity index (χ1n) is 13.3. The number of nitrogens with zero attached hydrogens (tertiary/aromatic N) is 1. The summed E-state index contributed by atoms with van der Waals surface area (Å²) in [6.45, 7) is 4.95. The number of hydrogen-bond acceptors (Lipinski definition) is 7. The van der Waals surface area contributed by atoms with Crippen molar-refractivity contribution in [1.29, 1.82) is 0 Å². The number of carbonyl (C=O) groups is 2. The highest BCUT2D eigenvalue weighted by Gasteiger charge is 2.44. The van der Waals surface area contributed by atoms with Gasteiger partial charge in [-0.15, -0.1) is 0 Å². The summed E-state index contributed by atoms with van der Waals surface area (Å²) in [4.78, 5) is 27.2. The molecule has 0 spiro atoms. The van der Waals surface area contributed by atoms with E-state index in [1.165, 1.54) is 25.7 Å². The molecule has 9 nitrogen and oxygen atoms in total. The molecule has 3 rings (SSSR count). The van der Waals surface area contributed by atoms with Crippen molar-refractivity contribution in [3.05, 3.63) is 29.8 Å². The minimum absolute atomic E-state index is 0.0742. The third kappa shape index (κ3) is 8.19. The molecular formula is C26H41BN2O7. The van der Waals surface area contributed by atoms with E-state index >= 15 is 0 Å². The molecule has 36 heavy (non-hydrogen) atoms. The maximum Gasteiger partial charge on any atom is 0.488 e. The number of amides is 2. The van der Waals surface area contributed by atoms with Gasteiger partial charge in [0.15, 0.2) is 0 Å². The lowest BCUT2D eigenvalue weighted by Crippen LogP contribution is -2.48. The van der Waals surface area contributed by atoms with Crippen LogP contribution in [0.4, 0.5) is 4.79 Å². The van der Waals surface area contributed by atoms with Gasteiger partial charge in [0.05, 0.1) is 18.7 Å². The average Bonchev–Trinajstić information content (AvgIpc) is 3.31. The zero-order valence-electron chi connectivity index (χ0n) is 21.6. The Morgan fingerprint density at radius 2 is 1.81 bits per heavy atom. The second kappa shape index (κ2) is 14.6. The Morgan fingerprint density at radius 3 is 2.50 bits per heavy atom. The predicted octanol–water partition coefficient (Wildman–Crippen LogP) is 2.64. The number of hydrogen-bond donors (Lipinski definition) is 3. The van der Waals surface area contributed by atoms with Crippen molar-refractivity contribution in [2.45, 2.75) is 96.0 Å². The highest BCUT2D eigenvalue weighted by Crippen LogP contribution is 2.30. The van der Waals surface area contributed by atoms with Gasteiger partial charge in [-0.1, -0.05) is 69.7 Å². The highest BCUT2D eigenvalue weighted by molar-refractivity contribution is 6.58. The Hall–Kier alpha value is -2.14. The van der Waals surface area contributed by atoms with Crippen molar-refractivity contribution in [3.8, 4) is 0 Å². The lowest BCUT2D eigenvalue weighted by molar-refractivity contribution is -0.121. The fourth-order valence-corrected chi connectivity index (χ4v) is 4.81. The summed E-state index contributed by atoms with van der Waals surface area (Å²) in [5, 5.41) is 21.7. The van der Waals surface area contributed by atoms with Gasteiger partial charge >= 0.3 is 13.2 Å². The standard InChI is InChI=1S/C26H41BN2O7/c1-3-4-5-6-7-8-9-10-24(30)28-17-23(20-11-13-21(14-12-20)27(32)33)36-26(31)29-18-35-25-19(2)34-16-15-22(25)29/h11-14,19,22-23,25,32-33H,3-10,15-18H2,1-2H3,(H,28,30). The molecule has 2 saturated heterocycles. The molecule has 4 atom stereocenters. The topological polar surface area (TPSA) is 118 Å². The molecule has 2 aliphatic heterocycles. The van der Waals surface area contributed by atoms with Crippen molar-refractivity contribution >= 4 is 24.6 Å². The van der Waals surface area contributed by atoms with Gasteiger partial charge in [-0.2, -0.15) is 0 Å². The first-order valence-corrected chi connectivity index (χ1v) is 13.3. The van der Waals surface area contributed by atoms with Crippen LogP contribution in [0.5, 0.6) is 0 Å². The second-order valence-corrected chi connectivity index (χ2v) is 9.75. The lowest BCUT2D eigenvalue weighted by atomic mass is 9.80. The zero-order chi connectivity index (χ0) is 25.9. The van der Waals surface area contributed by atoms with E-state index in [0.717, 1.165) is 19.3 Å². The van der Waals surface area contributed by atoms with E-state index in [4.69, 9.17) is 14.2 Å². The van der Waals surface area contributed by atoms with E-state index in [1.54, 1.807) is 29.2 Å². The third-order valence-electron chi connectivity index (χ3n) is 7.02. The monoisotopic (exact) mass is 504 g/mol. The third-order valence-corrected chi connectivity index (χ3v) is 7.02. The maximum atomic E-state index is 13.1. The fraction of sp³-hybridized carbons (Fsp3) is 0.692. The van der Waals surface area contributed by atoms with Crippen molar-refractivity contribution in [2.24, 2.45) is 0 Å². The predicted molar refractivity (Wildman–Crippen MR) is 137 cm³/mol. The quantitative estimate of drug-likeness (QED) is 0.279. The summed E-state index contributed by atoms with van der Waals surface area (Å²) in [7, 11) is -1.59. The van der Waals surface area contributed by atoms with Gasteiger partial charge < -0.3 is 29.6 Å². The molecule has 2 amide bonds. The Bertz CT molecular complexity index is 823. The van der Waals surface area contributed by atoms with Crippen LogP contribution in [0.1, 0.15) is 83.3 Å². The summed E-state index contributed by atoms with van der Waals surface area (Å²) in [6.07, 6.45) is 7.53. The van der Waals surface area contributed by atoms with Gasteiger partial charge in [-0.25, -0.2) is 4.79 Å². The number of rotatable bonds is 13. The Morgan fingerprint density at radius 1 is 1.11 bits per heavy atom. The number of ether oxygens (including phenoxy) is 3. The normalized spacial score (nSPS) is 22.1. The summed E-state index contributed by atoms with van der Waals surface area (Å²) < 4.78 is 17.3. The van der Waals surface area contributed by atoms with Crippen LogP contribution in [-0.2, 0) is 19.0 Å². The van der Waals surface area contributed by atoms with Crippen LogP contribution < -0.4 is 10.8 Å². The van der Waals surface area contributed by atoms with E-state index in [9.17, 15) is 19.6 Å². The number of fused-ring (bicyclic) bond motifs is 1. The van der Waals surface area contributed by atoms with Crippen LogP contribution in [0.15, 0.2) is 24.3 Å². The van der Waals surface area contributed by atoms with Gasteiger partial charge in [-0.05, 0) is 30.8 Å². The average molecular weight is 504 g/mol. The summed E-state index contributed by atoms with van der Waals surface area (Å²) in [6, 6.07) is 6.37. The SMILES string of the molecule is CCCCCCCCCC(=O)NCC(OC(=O)N1COC2C(C)OCCC21)c1ccc(B(O)O)cc1. The van der Waals surface area contributed by atoms with Crippen molar-refractivity contribution < 1.29 is 33.8 Å². The lowest BCUT2D eigenvalue weighted by Gasteiger charge is -2.33. The first kappa shape index (κ1) is 28.4. The van der Waals surface area contributed by atoms with E-state index in [2.05, 4.69) is 12.2 Å². The smallest absolute Gasteiger partial charge is 0.439 e. The first-order chi connectivity index (χ1) is 17.4. The molecule has 0 radical (unpaired) electrons. The molecule has 4 unspecified atom stereocenters. The fourth-order valence-electron chi connectivity index (χ4n) is 4.81. The summed E-state index contributed by atoms with van der Waals surface area (Å²) in [5.74, 6) is -0.0742. The Labute approximate surface area is 214 Å². The molecule has 200 valence electrons.